The number of nitrogens with one attached hydrogen (secondary N) is 1. The highest BCUT2D eigenvalue weighted by atomic mass is 79.9. The molecule has 0 saturated heterocycles. The smallest absolute Gasteiger partial charge is 0.252 e. The van der Waals surface area contributed by atoms with Crippen LogP contribution in [0.2, 0.25) is 0 Å². The number of rotatable bonds is 4. The van der Waals surface area contributed by atoms with Crippen LogP contribution in [0.3, 0.4) is 0 Å². The van der Waals surface area contributed by atoms with Crippen molar-refractivity contribution in [2.75, 3.05) is 11.5 Å². The molecule has 1 aliphatic rings. The molecule has 110 valence electrons. The summed E-state index contributed by atoms with van der Waals surface area (Å²) >= 11 is 5.10. The fourth-order valence-corrected chi connectivity index (χ4v) is 4.18. The van der Waals surface area contributed by atoms with Crippen LogP contribution in [0.5, 0.6) is 0 Å². The second-order valence-corrected chi connectivity index (χ2v) is 7.23. The van der Waals surface area contributed by atoms with Crippen LogP contribution in [-0.2, 0) is 0 Å². The van der Waals surface area contributed by atoms with Gasteiger partial charge in [-0.2, -0.15) is 11.8 Å². The molecule has 0 aliphatic heterocycles. The summed E-state index contributed by atoms with van der Waals surface area (Å²) in [4.78, 5) is 12.3. The van der Waals surface area contributed by atoms with Crippen LogP contribution in [0.15, 0.2) is 16.6 Å². The Morgan fingerprint density at radius 3 is 3.00 bits per heavy atom. The Balaban J connectivity index is 2.10. The molecule has 2 rings (SSSR count). The Hall–Kier alpha value is -0.750. The molecule has 0 radical (unpaired) electrons. The lowest BCUT2D eigenvalue weighted by Crippen LogP contribution is -2.39. The molecular formula is C14H18BrFN2OS. The number of nitrogen functional groups attached to an aromatic ring is 1. The van der Waals surface area contributed by atoms with Crippen LogP contribution in [0.1, 0.15) is 36.5 Å². The highest BCUT2D eigenvalue weighted by Gasteiger charge is 2.29. The molecule has 0 aromatic heterocycles. The molecule has 0 heterocycles. The van der Waals surface area contributed by atoms with Gasteiger partial charge in [-0.15, -0.1) is 0 Å². The molecule has 1 fully saturated rings. The van der Waals surface area contributed by atoms with E-state index in [-0.39, 0.29) is 17.6 Å². The number of carbonyl (C=O) groups is 1. The molecule has 2 unspecified atom stereocenters. The first-order valence-corrected chi connectivity index (χ1v) is 8.54. The maximum absolute atomic E-state index is 13.3. The third-order valence-electron chi connectivity index (χ3n) is 3.48. The largest absolute Gasteiger partial charge is 0.396 e. The molecule has 1 saturated carbocycles. The zero-order valence-corrected chi connectivity index (χ0v) is 13.7. The van der Waals surface area contributed by atoms with Gasteiger partial charge in [0.25, 0.3) is 5.91 Å². The minimum Gasteiger partial charge on any atom is -0.396 e. The van der Waals surface area contributed by atoms with Gasteiger partial charge in [0.1, 0.15) is 5.82 Å². The van der Waals surface area contributed by atoms with Gasteiger partial charge in [-0.05, 0) is 46.7 Å². The number of thioether (sulfide) groups is 1. The van der Waals surface area contributed by atoms with Gasteiger partial charge in [-0.1, -0.05) is 13.3 Å². The average molecular weight is 361 g/mol. The number of carbonyl (C=O) groups excluding carboxylic acids is 1. The van der Waals surface area contributed by atoms with Crippen molar-refractivity contribution in [2.24, 2.45) is 0 Å². The lowest BCUT2D eigenvalue weighted by Gasteiger charge is -2.20. The predicted octanol–water partition coefficient (Wildman–Crippen LogP) is 3.57. The maximum Gasteiger partial charge on any atom is 0.252 e. The fourth-order valence-electron chi connectivity index (χ4n) is 2.49. The number of amides is 1. The van der Waals surface area contributed by atoms with Crippen molar-refractivity contribution in [1.29, 1.82) is 0 Å². The van der Waals surface area contributed by atoms with Crippen LogP contribution >= 0.6 is 27.7 Å². The first-order valence-electron chi connectivity index (χ1n) is 6.70. The van der Waals surface area contributed by atoms with Crippen LogP contribution in [0, 0.1) is 5.82 Å². The third-order valence-corrected chi connectivity index (χ3v) is 5.46. The number of hydrogen-bond acceptors (Lipinski definition) is 3. The Morgan fingerprint density at radius 1 is 1.55 bits per heavy atom. The van der Waals surface area contributed by atoms with E-state index < -0.39 is 5.82 Å². The van der Waals surface area contributed by atoms with Gasteiger partial charge < -0.3 is 11.1 Å². The summed E-state index contributed by atoms with van der Waals surface area (Å²) in [5.74, 6) is 0.329. The van der Waals surface area contributed by atoms with Crippen LogP contribution in [0.25, 0.3) is 0 Å². The molecule has 2 atom stereocenters. The zero-order valence-electron chi connectivity index (χ0n) is 11.3. The van der Waals surface area contributed by atoms with Crippen molar-refractivity contribution in [3.63, 3.8) is 0 Å². The number of halogens is 2. The number of anilines is 1. The van der Waals surface area contributed by atoms with Crippen molar-refractivity contribution in [3.8, 4) is 0 Å². The van der Waals surface area contributed by atoms with Crippen molar-refractivity contribution in [2.45, 2.75) is 37.5 Å². The Kier molecular flexibility index (Phi) is 5.32. The summed E-state index contributed by atoms with van der Waals surface area (Å²) in [6.07, 6.45) is 3.27. The van der Waals surface area contributed by atoms with Gasteiger partial charge in [0.2, 0.25) is 0 Å². The van der Waals surface area contributed by atoms with Gasteiger partial charge in [-0.3, -0.25) is 4.79 Å². The molecule has 0 bridgehead atoms. The van der Waals surface area contributed by atoms with Gasteiger partial charge in [-0.25, -0.2) is 4.39 Å². The molecule has 20 heavy (non-hydrogen) atoms. The predicted molar refractivity (Wildman–Crippen MR) is 85.5 cm³/mol. The SMILES string of the molecule is CCSC1CCCC1NC(=O)c1cc(N)c(F)cc1Br. The number of benzene rings is 1. The monoisotopic (exact) mass is 360 g/mol. The quantitative estimate of drug-likeness (QED) is 0.806. The molecule has 1 aromatic rings. The number of nitrogens with two attached hydrogens (primary N) is 1. The summed E-state index contributed by atoms with van der Waals surface area (Å²) in [5, 5.41) is 3.52. The summed E-state index contributed by atoms with van der Waals surface area (Å²) < 4.78 is 13.7. The molecule has 1 aromatic carbocycles. The fraction of sp³-hybridized carbons (Fsp3) is 0.500. The zero-order chi connectivity index (χ0) is 14.7. The molecular weight excluding hydrogens is 343 g/mol. The maximum atomic E-state index is 13.3. The van der Waals surface area contributed by atoms with Crippen molar-refractivity contribution in [1.82, 2.24) is 5.32 Å². The summed E-state index contributed by atoms with van der Waals surface area (Å²) in [6, 6.07) is 2.80. The van der Waals surface area contributed by atoms with Crippen molar-refractivity contribution >= 4 is 39.3 Å². The van der Waals surface area contributed by atoms with Gasteiger partial charge in [0.15, 0.2) is 0 Å². The Labute approximate surface area is 131 Å². The second-order valence-electron chi connectivity index (χ2n) is 4.86. The molecule has 3 N–H and O–H groups in total. The summed E-state index contributed by atoms with van der Waals surface area (Å²) in [6.45, 7) is 2.12. The topological polar surface area (TPSA) is 55.1 Å². The van der Waals surface area contributed by atoms with E-state index in [0.29, 0.717) is 15.3 Å². The molecule has 3 nitrogen and oxygen atoms in total. The highest BCUT2D eigenvalue weighted by molar-refractivity contribution is 9.10. The van der Waals surface area contributed by atoms with Gasteiger partial charge >= 0.3 is 0 Å². The lowest BCUT2D eigenvalue weighted by molar-refractivity contribution is 0.0938. The van der Waals surface area contributed by atoms with Crippen LogP contribution < -0.4 is 11.1 Å². The van der Waals surface area contributed by atoms with E-state index in [1.165, 1.54) is 12.1 Å². The van der Waals surface area contributed by atoms with E-state index in [9.17, 15) is 9.18 Å². The lowest BCUT2D eigenvalue weighted by atomic mass is 10.1. The molecule has 6 heteroatoms. The van der Waals surface area contributed by atoms with E-state index in [0.717, 1.165) is 25.0 Å². The first kappa shape index (κ1) is 15.6. The van der Waals surface area contributed by atoms with E-state index in [1.54, 1.807) is 0 Å². The Bertz CT molecular complexity index is 512. The Morgan fingerprint density at radius 2 is 2.30 bits per heavy atom. The highest BCUT2D eigenvalue weighted by Crippen LogP contribution is 2.30. The van der Waals surface area contributed by atoms with Crippen LogP contribution in [-0.4, -0.2) is 23.0 Å². The molecule has 1 aliphatic carbocycles. The van der Waals surface area contributed by atoms with Gasteiger partial charge in [0, 0.05) is 15.8 Å². The summed E-state index contributed by atoms with van der Waals surface area (Å²) in [7, 11) is 0. The first-order chi connectivity index (χ1) is 9.52. The van der Waals surface area contributed by atoms with Crippen molar-refractivity contribution in [3.05, 3.63) is 28.0 Å². The molecule has 0 spiro atoms. The van der Waals surface area contributed by atoms with Crippen LogP contribution in [0.4, 0.5) is 10.1 Å². The molecule has 1 amide bonds. The third kappa shape index (κ3) is 3.47. The normalized spacial score (nSPS) is 21.9. The minimum atomic E-state index is -0.520. The minimum absolute atomic E-state index is 0.00995. The van der Waals surface area contributed by atoms with Crippen molar-refractivity contribution < 1.29 is 9.18 Å². The summed E-state index contributed by atoms with van der Waals surface area (Å²) in [5.41, 5.74) is 5.91. The van der Waals surface area contributed by atoms with E-state index >= 15 is 0 Å². The number of hydrogen-bond donors (Lipinski definition) is 2. The average Bonchev–Trinajstić information content (AvgIpc) is 2.81. The van der Waals surface area contributed by atoms with E-state index in [1.807, 2.05) is 11.8 Å². The van der Waals surface area contributed by atoms with Gasteiger partial charge in [0.05, 0.1) is 11.3 Å². The van der Waals surface area contributed by atoms with E-state index in [4.69, 9.17) is 5.73 Å². The standard InChI is InChI=1S/C14H18BrFN2OS/c1-2-20-13-5-3-4-12(13)18-14(19)8-6-11(17)10(16)7-9(8)15/h6-7,12-13H,2-5,17H2,1H3,(H,18,19). The second kappa shape index (κ2) is 6.80. The van der Waals surface area contributed by atoms with E-state index in [2.05, 4.69) is 28.2 Å².